The first-order valence-electron chi connectivity index (χ1n) is 8.85. The van der Waals surface area contributed by atoms with Crippen molar-refractivity contribution in [3.8, 4) is 22.8 Å². The molecule has 0 saturated carbocycles. The fraction of sp³-hybridized carbons (Fsp3) is 0.182. The van der Waals surface area contributed by atoms with Gasteiger partial charge in [0.1, 0.15) is 23.0 Å². The molecule has 6 nitrogen and oxygen atoms in total. The summed E-state index contributed by atoms with van der Waals surface area (Å²) in [5.74, 6) is 1.95. The molecule has 0 atom stereocenters. The Labute approximate surface area is 173 Å². The number of hydrogen-bond acceptors (Lipinski definition) is 5. The number of nitrogens with zero attached hydrogens (tertiary/aromatic N) is 1. The molecule has 3 rings (SSSR count). The van der Waals surface area contributed by atoms with Gasteiger partial charge in [-0.15, -0.1) is 0 Å². The van der Waals surface area contributed by atoms with E-state index in [0.717, 1.165) is 5.56 Å². The van der Waals surface area contributed by atoms with Gasteiger partial charge in [-0.1, -0.05) is 11.6 Å². The minimum Gasteiger partial charge on any atom is -0.497 e. The molecule has 1 aromatic heterocycles. The number of carbonyl (C=O) groups excluding carboxylic acids is 2. The van der Waals surface area contributed by atoms with E-state index in [4.69, 9.17) is 25.5 Å². The van der Waals surface area contributed by atoms with E-state index >= 15 is 0 Å². The van der Waals surface area contributed by atoms with Crippen LogP contribution in [0.25, 0.3) is 11.3 Å². The lowest BCUT2D eigenvalue weighted by molar-refractivity contribution is -0.132. The van der Waals surface area contributed by atoms with Gasteiger partial charge < -0.3 is 18.8 Å². The van der Waals surface area contributed by atoms with Crippen molar-refractivity contribution in [1.82, 2.24) is 4.90 Å². The third kappa shape index (κ3) is 5.18. The van der Waals surface area contributed by atoms with E-state index in [9.17, 15) is 9.59 Å². The predicted molar refractivity (Wildman–Crippen MR) is 110 cm³/mol. The van der Waals surface area contributed by atoms with Crippen molar-refractivity contribution in [2.45, 2.75) is 6.54 Å². The van der Waals surface area contributed by atoms with E-state index < -0.39 is 0 Å². The van der Waals surface area contributed by atoms with Crippen LogP contribution in [0.15, 0.2) is 59.0 Å². The number of hydrogen-bond donors (Lipinski definition) is 0. The lowest BCUT2D eigenvalue weighted by atomic mass is 10.2. The van der Waals surface area contributed by atoms with Gasteiger partial charge in [0, 0.05) is 17.6 Å². The molecule has 0 N–H and O–H groups in total. The van der Waals surface area contributed by atoms with Gasteiger partial charge in [-0.05, 0) is 54.6 Å². The molecule has 0 unspecified atom stereocenters. The van der Waals surface area contributed by atoms with Crippen molar-refractivity contribution in [2.24, 2.45) is 0 Å². The zero-order valence-corrected chi connectivity index (χ0v) is 16.8. The third-order valence-corrected chi connectivity index (χ3v) is 4.56. The number of furan rings is 1. The van der Waals surface area contributed by atoms with Crippen LogP contribution in [0.1, 0.15) is 16.1 Å². The summed E-state index contributed by atoms with van der Waals surface area (Å²) in [5.41, 5.74) is 1.22. The van der Waals surface area contributed by atoms with Crippen LogP contribution in [0.3, 0.4) is 0 Å². The molecule has 7 heteroatoms. The molecule has 0 bridgehead atoms. The SMILES string of the molecule is COc1ccc(OCC(=O)N(C)Cc2ccc(-c3ccc(Cl)cc3)o2)c(C=O)c1. The highest BCUT2D eigenvalue weighted by Gasteiger charge is 2.14. The Balaban J connectivity index is 1.58. The summed E-state index contributed by atoms with van der Waals surface area (Å²) in [7, 11) is 3.17. The summed E-state index contributed by atoms with van der Waals surface area (Å²) in [4.78, 5) is 25.1. The number of rotatable bonds is 8. The fourth-order valence-electron chi connectivity index (χ4n) is 2.68. The first-order chi connectivity index (χ1) is 14.0. The topological polar surface area (TPSA) is 69.0 Å². The summed E-state index contributed by atoms with van der Waals surface area (Å²) in [6.45, 7) is 0.0906. The van der Waals surface area contributed by atoms with Gasteiger partial charge in [0.2, 0.25) is 0 Å². The first kappa shape index (κ1) is 20.5. The van der Waals surface area contributed by atoms with Crippen LogP contribution in [0.4, 0.5) is 0 Å². The van der Waals surface area contributed by atoms with E-state index in [0.29, 0.717) is 46.4 Å². The molecular formula is C22H20ClNO5. The van der Waals surface area contributed by atoms with Crippen LogP contribution >= 0.6 is 11.6 Å². The molecule has 0 aliphatic heterocycles. The van der Waals surface area contributed by atoms with Gasteiger partial charge >= 0.3 is 0 Å². The van der Waals surface area contributed by atoms with Crippen molar-refractivity contribution < 1.29 is 23.5 Å². The second-order valence-electron chi connectivity index (χ2n) is 6.33. The molecule has 0 fully saturated rings. The first-order valence-corrected chi connectivity index (χ1v) is 9.22. The average Bonchev–Trinajstić information content (AvgIpc) is 3.20. The number of benzene rings is 2. The van der Waals surface area contributed by atoms with Crippen LogP contribution in [0.5, 0.6) is 11.5 Å². The molecule has 3 aromatic rings. The molecule has 29 heavy (non-hydrogen) atoms. The summed E-state index contributed by atoms with van der Waals surface area (Å²) < 4.78 is 16.4. The Hall–Kier alpha value is -3.25. The molecular weight excluding hydrogens is 394 g/mol. The highest BCUT2D eigenvalue weighted by atomic mass is 35.5. The monoisotopic (exact) mass is 413 g/mol. The smallest absolute Gasteiger partial charge is 0.260 e. The maximum absolute atomic E-state index is 12.4. The summed E-state index contributed by atoms with van der Waals surface area (Å²) >= 11 is 5.90. The molecule has 0 saturated heterocycles. The van der Waals surface area contributed by atoms with Crippen molar-refractivity contribution in [3.05, 3.63) is 70.9 Å². The highest BCUT2D eigenvalue weighted by molar-refractivity contribution is 6.30. The summed E-state index contributed by atoms with van der Waals surface area (Å²) in [6.07, 6.45) is 0.660. The van der Waals surface area contributed by atoms with Gasteiger partial charge in [0.05, 0.1) is 19.2 Å². The Morgan fingerprint density at radius 1 is 1.14 bits per heavy atom. The van der Waals surface area contributed by atoms with Crippen LogP contribution in [-0.2, 0) is 11.3 Å². The van der Waals surface area contributed by atoms with Gasteiger partial charge in [-0.3, -0.25) is 9.59 Å². The van der Waals surface area contributed by atoms with Crippen molar-refractivity contribution in [1.29, 1.82) is 0 Å². The number of carbonyl (C=O) groups is 2. The Bertz CT molecular complexity index is 997. The van der Waals surface area contributed by atoms with Crippen LogP contribution in [-0.4, -0.2) is 37.9 Å². The second-order valence-corrected chi connectivity index (χ2v) is 6.77. The quantitative estimate of drug-likeness (QED) is 0.510. The lowest BCUT2D eigenvalue weighted by Crippen LogP contribution is -2.30. The molecule has 2 aromatic carbocycles. The maximum atomic E-state index is 12.4. The van der Waals surface area contributed by atoms with Crippen LogP contribution in [0, 0.1) is 0 Å². The highest BCUT2D eigenvalue weighted by Crippen LogP contribution is 2.25. The minimum absolute atomic E-state index is 0.200. The Morgan fingerprint density at radius 2 is 1.90 bits per heavy atom. The Morgan fingerprint density at radius 3 is 2.59 bits per heavy atom. The largest absolute Gasteiger partial charge is 0.497 e. The number of ether oxygens (including phenoxy) is 2. The van der Waals surface area contributed by atoms with Crippen LogP contribution in [0.2, 0.25) is 5.02 Å². The Kier molecular flexibility index (Phi) is 6.57. The number of halogens is 1. The van der Waals surface area contributed by atoms with E-state index in [1.807, 2.05) is 24.3 Å². The zero-order chi connectivity index (χ0) is 20.8. The van der Waals surface area contributed by atoms with Gasteiger partial charge in [0.15, 0.2) is 12.9 Å². The van der Waals surface area contributed by atoms with E-state index in [-0.39, 0.29) is 12.5 Å². The van der Waals surface area contributed by atoms with Crippen LogP contribution < -0.4 is 9.47 Å². The van der Waals surface area contributed by atoms with E-state index in [1.54, 1.807) is 37.4 Å². The van der Waals surface area contributed by atoms with Gasteiger partial charge in [-0.25, -0.2) is 0 Å². The molecule has 0 aliphatic carbocycles. The molecule has 0 spiro atoms. The summed E-state index contributed by atoms with van der Waals surface area (Å²) in [5, 5.41) is 0.653. The van der Waals surface area contributed by atoms with Crippen molar-refractivity contribution >= 4 is 23.8 Å². The standard InChI is InChI=1S/C22H20ClNO5/c1-24(12-19-8-10-21(29-19)15-3-5-17(23)6-4-15)22(26)14-28-20-9-7-18(27-2)11-16(20)13-25/h3-11,13H,12,14H2,1-2H3. The summed E-state index contributed by atoms with van der Waals surface area (Å²) in [6, 6.07) is 15.8. The fourth-order valence-corrected chi connectivity index (χ4v) is 2.81. The average molecular weight is 414 g/mol. The molecule has 0 aliphatic rings. The molecule has 1 amide bonds. The number of amides is 1. The number of aldehydes is 1. The van der Waals surface area contributed by atoms with Crippen molar-refractivity contribution in [2.75, 3.05) is 20.8 Å². The minimum atomic E-state index is -0.248. The third-order valence-electron chi connectivity index (χ3n) is 4.30. The molecule has 150 valence electrons. The maximum Gasteiger partial charge on any atom is 0.260 e. The van der Waals surface area contributed by atoms with E-state index in [1.165, 1.54) is 12.0 Å². The van der Waals surface area contributed by atoms with Gasteiger partial charge in [0.25, 0.3) is 5.91 Å². The molecule has 0 radical (unpaired) electrons. The number of methoxy groups -OCH3 is 1. The normalized spacial score (nSPS) is 10.4. The van der Waals surface area contributed by atoms with Gasteiger partial charge in [-0.2, -0.15) is 0 Å². The number of likely N-dealkylation sites (N-methyl/N-ethyl adjacent to an activating group) is 1. The molecule has 1 heterocycles. The lowest BCUT2D eigenvalue weighted by Gasteiger charge is -2.17. The van der Waals surface area contributed by atoms with E-state index in [2.05, 4.69) is 0 Å². The predicted octanol–water partition coefficient (Wildman–Crippen LogP) is 4.46. The second kappa shape index (κ2) is 9.30. The van der Waals surface area contributed by atoms with Crippen molar-refractivity contribution in [3.63, 3.8) is 0 Å². The zero-order valence-electron chi connectivity index (χ0n) is 16.1.